The van der Waals surface area contributed by atoms with Gasteiger partial charge in [0.2, 0.25) is 11.8 Å². The fourth-order valence-electron chi connectivity index (χ4n) is 6.00. The van der Waals surface area contributed by atoms with E-state index < -0.39 is 0 Å². The van der Waals surface area contributed by atoms with Gasteiger partial charge in [0.25, 0.3) is 0 Å². The van der Waals surface area contributed by atoms with Crippen molar-refractivity contribution in [3.8, 4) is 0 Å². The van der Waals surface area contributed by atoms with Gasteiger partial charge in [-0.05, 0) is 60.4 Å². The maximum atomic E-state index is 12.6. The number of likely N-dealkylation sites (tertiary alicyclic amines) is 2. The van der Waals surface area contributed by atoms with Crippen LogP contribution in [-0.4, -0.2) is 54.0 Å². The first-order chi connectivity index (χ1) is 17.1. The normalized spacial score (nSPS) is 22.3. The van der Waals surface area contributed by atoms with Gasteiger partial charge in [0.05, 0.1) is 6.17 Å². The molecule has 0 aromatic heterocycles. The predicted octanol–water partition coefficient (Wildman–Crippen LogP) is 4.79. The van der Waals surface area contributed by atoms with Gasteiger partial charge in [0.15, 0.2) is 0 Å². The molecule has 182 valence electrons. The molecule has 1 N–H and O–H groups in total. The van der Waals surface area contributed by atoms with Gasteiger partial charge in [-0.3, -0.25) is 14.5 Å². The molecular formula is C30H35N3O2. The number of carbonyl (C=O) groups is 2. The average molecular weight is 470 g/mol. The number of nitrogens with zero attached hydrogens (tertiary/aromatic N) is 2. The minimum Gasteiger partial charge on any atom is -0.356 e. The number of benzene rings is 2. The van der Waals surface area contributed by atoms with E-state index in [0.717, 1.165) is 32.4 Å². The number of piperidine rings is 2. The van der Waals surface area contributed by atoms with Gasteiger partial charge in [-0.25, -0.2) is 0 Å². The van der Waals surface area contributed by atoms with Crippen molar-refractivity contribution in [3.05, 3.63) is 76.4 Å². The van der Waals surface area contributed by atoms with Crippen LogP contribution in [0.3, 0.4) is 0 Å². The smallest absolute Gasteiger partial charge is 0.223 e. The van der Waals surface area contributed by atoms with Crippen LogP contribution < -0.4 is 5.32 Å². The molecule has 5 rings (SSSR count). The first kappa shape index (κ1) is 23.6. The maximum absolute atomic E-state index is 12.6. The summed E-state index contributed by atoms with van der Waals surface area (Å²) < 4.78 is 0. The Morgan fingerprint density at radius 1 is 0.914 bits per heavy atom. The van der Waals surface area contributed by atoms with E-state index in [1.807, 2.05) is 11.8 Å². The summed E-state index contributed by atoms with van der Waals surface area (Å²) in [6.07, 6.45) is 7.84. The largest absolute Gasteiger partial charge is 0.356 e. The third-order valence-corrected chi connectivity index (χ3v) is 7.78. The molecule has 2 aromatic carbocycles. The molecule has 5 nitrogen and oxygen atoms in total. The lowest BCUT2D eigenvalue weighted by Crippen LogP contribution is -2.57. The lowest BCUT2D eigenvalue weighted by molar-refractivity contribution is -0.143. The van der Waals surface area contributed by atoms with Crippen LogP contribution in [-0.2, 0) is 9.59 Å². The lowest BCUT2D eigenvalue weighted by atomic mass is 9.85. The van der Waals surface area contributed by atoms with Crippen LogP contribution in [0.1, 0.15) is 61.8 Å². The van der Waals surface area contributed by atoms with Gasteiger partial charge < -0.3 is 10.2 Å². The molecule has 0 spiro atoms. The number of nitrogens with one attached hydrogen (secondary N) is 1. The van der Waals surface area contributed by atoms with E-state index in [0.29, 0.717) is 19.5 Å². The van der Waals surface area contributed by atoms with E-state index in [2.05, 4.69) is 70.9 Å². The van der Waals surface area contributed by atoms with E-state index >= 15 is 0 Å². The van der Waals surface area contributed by atoms with Crippen molar-refractivity contribution in [1.82, 2.24) is 15.1 Å². The molecule has 2 saturated heterocycles. The second-order valence-corrected chi connectivity index (χ2v) is 9.83. The highest BCUT2D eigenvalue weighted by Gasteiger charge is 2.37. The van der Waals surface area contributed by atoms with Crippen LogP contribution in [0, 0.1) is 5.92 Å². The van der Waals surface area contributed by atoms with Gasteiger partial charge in [-0.15, -0.1) is 0 Å². The van der Waals surface area contributed by atoms with E-state index in [-0.39, 0.29) is 23.9 Å². The van der Waals surface area contributed by atoms with Crippen molar-refractivity contribution in [2.45, 2.75) is 45.7 Å². The van der Waals surface area contributed by atoms with Gasteiger partial charge in [-0.2, -0.15) is 0 Å². The highest BCUT2D eigenvalue weighted by atomic mass is 16.2. The molecule has 0 bridgehead atoms. The summed E-state index contributed by atoms with van der Waals surface area (Å²) in [5.74, 6) is 0.202. The zero-order chi connectivity index (χ0) is 24.4. The fraction of sp³-hybridized carbons (Fsp3) is 0.400. The molecule has 5 heteroatoms. The molecule has 0 saturated carbocycles. The molecule has 2 unspecified atom stereocenters. The van der Waals surface area contributed by atoms with Crippen LogP contribution in [0.5, 0.6) is 0 Å². The van der Waals surface area contributed by atoms with Gasteiger partial charge in [0.1, 0.15) is 0 Å². The monoisotopic (exact) mass is 469 g/mol. The summed E-state index contributed by atoms with van der Waals surface area (Å²) in [5.41, 5.74) is 7.97. The third-order valence-electron chi connectivity index (χ3n) is 7.78. The van der Waals surface area contributed by atoms with Gasteiger partial charge in [-0.1, -0.05) is 66.3 Å². The SMILES string of the molecule is CCNC(=O)C1CCN(C(C)=O)C(N2CCC(=C3c4ccccc4C=Cc4ccccc43)CC2)C1. The Morgan fingerprint density at radius 3 is 2.09 bits per heavy atom. The van der Waals surface area contributed by atoms with Crippen LogP contribution in [0.2, 0.25) is 0 Å². The average Bonchev–Trinajstić information content (AvgIpc) is 3.05. The molecule has 35 heavy (non-hydrogen) atoms. The summed E-state index contributed by atoms with van der Waals surface area (Å²) in [5, 5.41) is 2.98. The number of fused-ring (bicyclic) bond motifs is 2. The van der Waals surface area contributed by atoms with Crippen LogP contribution >= 0.6 is 0 Å². The Balaban J connectivity index is 1.42. The molecule has 2 amide bonds. The minimum atomic E-state index is -0.0259. The van der Waals surface area contributed by atoms with E-state index in [4.69, 9.17) is 0 Å². The Morgan fingerprint density at radius 2 is 1.51 bits per heavy atom. The summed E-state index contributed by atoms with van der Waals surface area (Å²) >= 11 is 0. The standard InChI is InChI=1S/C30H35N3O2/c1-3-31-30(35)25-16-19-33(21(2)34)28(20-25)32-17-14-24(15-18-32)29-26-10-6-4-8-22(26)12-13-23-9-5-7-11-27(23)29/h4-13,25,28H,3,14-20H2,1-2H3,(H,31,35). The topological polar surface area (TPSA) is 52.7 Å². The Labute approximate surface area is 208 Å². The molecule has 2 heterocycles. The van der Waals surface area contributed by atoms with E-state index in [1.165, 1.54) is 33.4 Å². The van der Waals surface area contributed by atoms with Crippen LogP contribution in [0.25, 0.3) is 17.7 Å². The van der Waals surface area contributed by atoms with Crippen molar-refractivity contribution in [1.29, 1.82) is 0 Å². The van der Waals surface area contributed by atoms with Crippen molar-refractivity contribution in [2.75, 3.05) is 26.2 Å². The molecule has 3 aliphatic rings. The molecule has 2 fully saturated rings. The number of rotatable bonds is 3. The first-order valence-corrected chi connectivity index (χ1v) is 12.9. The summed E-state index contributed by atoms with van der Waals surface area (Å²) in [6.45, 7) is 6.70. The second-order valence-electron chi connectivity index (χ2n) is 9.83. The predicted molar refractivity (Wildman–Crippen MR) is 141 cm³/mol. The molecule has 1 aliphatic carbocycles. The van der Waals surface area contributed by atoms with Crippen molar-refractivity contribution in [3.63, 3.8) is 0 Å². The number of hydrogen-bond donors (Lipinski definition) is 1. The zero-order valence-corrected chi connectivity index (χ0v) is 20.8. The third kappa shape index (κ3) is 4.70. The van der Waals surface area contributed by atoms with E-state index in [9.17, 15) is 9.59 Å². The Bertz CT molecular complexity index is 1120. The van der Waals surface area contributed by atoms with Gasteiger partial charge >= 0.3 is 0 Å². The summed E-state index contributed by atoms with van der Waals surface area (Å²) in [4.78, 5) is 29.5. The molecule has 0 radical (unpaired) electrons. The van der Waals surface area contributed by atoms with Gasteiger partial charge in [0, 0.05) is 39.0 Å². The maximum Gasteiger partial charge on any atom is 0.223 e. The Kier molecular flexibility index (Phi) is 6.87. The molecule has 2 atom stereocenters. The zero-order valence-electron chi connectivity index (χ0n) is 20.8. The first-order valence-electron chi connectivity index (χ1n) is 12.9. The van der Waals surface area contributed by atoms with Crippen LogP contribution in [0.4, 0.5) is 0 Å². The number of hydrogen-bond acceptors (Lipinski definition) is 3. The molecule has 2 aromatic rings. The summed E-state index contributed by atoms with van der Waals surface area (Å²) in [6, 6.07) is 17.3. The fourth-order valence-corrected chi connectivity index (χ4v) is 6.00. The highest BCUT2D eigenvalue weighted by Crippen LogP contribution is 2.39. The second kappa shape index (κ2) is 10.2. The lowest BCUT2D eigenvalue weighted by Gasteiger charge is -2.46. The van der Waals surface area contributed by atoms with Crippen molar-refractivity contribution < 1.29 is 9.59 Å². The highest BCUT2D eigenvalue weighted by molar-refractivity contribution is 5.95. The Hall–Kier alpha value is -3.18. The molecule has 2 aliphatic heterocycles. The van der Waals surface area contributed by atoms with Crippen molar-refractivity contribution >= 4 is 29.5 Å². The number of amides is 2. The minimum absolute atomic E-state index is 0.00391. The quantitative estimate of drug-likeness (QED) is 0.600. The number of carbonyl (C=O) groups excluding carboxylic acids is 2. The molecular weight excluding hydrogens is 434 g/mol. The van der Waals surface area contributed by atoms with E-state index in [1.54, 1.807) is 6.92 Å². The van der Waals surface area contributed by atoms with Crippen molar-refractivity contribution in [2.24, 2.45) is 5.92 Å². The van der Waals surface area contributed by atoms with Crippen LogP contribution in [0.15, 0.2) is 54.1 Å². The summed E-state index contributed by atoms with van der Waals surface area (Å²) in [7, 11) is 0.